The smallest absolute Gasteiger partial charge is 0.276 e. The molecule has 1 aromatic heterocycles. The molecule has 3 rings (SSSR count). The van der Waals surface area contributed by atoms with Gasteiger partial charge in [-0.15, -0.1) is 0 Å². The number of aromatic nitrogens is 1. The average molecular weight is 221 g/mol. The van der Waals surface area contributed by atoms with Crippen LogP contribution in [0.2, 0.25) is 0 Å². The number of likely N-dealkylation sites (tertiary alicyclic amines) is 1. The Morgan fingerprint density at radius 2 is 2.50 bits per heavy atom. The summed E-state index contributed by atoms with van der Waals surface area (Å²) >= 11 is 0. The minimum Gasteiger partial charge on any atom is -0.364 e. The molecule has 0 bridgehead atoms. The Hall–Kier alpha value is -1.36. The van der Waals surface area contributed by atoms with Crippen molar-refractivity contribution in [3.8, 4) is 0 Å². The highest BCUT2D eigenvalue weighted by atomic mass is 16.5. The van der Waals surface area contributed by atoms with E-state index >= 15 is 0 Å². The Morgan fingerprint density at radius 3 is 3.31 bits per heavy atom. The highest BCUT2D eigenvalue weighted by Crippen LogP contribution is 2.25. The van der Waals surface area contributed by atoms with Crippen LogP contribution in [0.25, 0.3) is 0 Å². The molecule has 3 heterocycles. The van der Waals surface area contributed by atoms with E-state index in [1.165, 1.54) is 12.7 Å². The number of piperidine rings is 1. The van der Waals surface area contributed by atoms with E-state index in [9.17, 15) is 4.79 Å². The molecule has 0 saturated carbocycles. The zero-order valence-electron chi connectivity index (χ0n) is 9.06. The molecule has 5 heteroatoms. The van der Waals surface area contributed by atoms with Gasteiger partial charge >= 0.3 is 0 Å². The summed E-state index contributed by atoms with van der Waals surface area (Å²) in [5.74, 6) is 0.00662. The molecule has 1 aromatic rings. The van der Waals surface area contributed by atoms with Gasteiger partial charge in [0.05, 0.1) is 0 Å². The van der Waals surface area contributed by atoms with E-state index in [0.29, 0.717) is 17.8 Å². The molecule has 2 saturated heterocycles. The Balaban J connectivity index is 1.80. The van der Waals surface area contributed by atoms with Crippen LogP contribution in [0, 0.1) is 0 Å². The minimum atomic E-state index is 0.00662. The number of nitrogens with zero attached hydrogens (tertiary/aromatic N) is 2. The highest BCUT2D eigenvalue weighted by molar-refractivity contribution is 5.92. The van der Waals surface area contributed by atoms with Crippen molar-refractivity contribution in [3.05, 3.63) is 18.0 Å². The maximum atomic E-state index is 12.2. The molecule has 0 aliphatic carbocycles. The Bertz CT molecular complexity index is 377. The van der Waals surface area contributed by atoms with Gasteiger partial charge in [0.1, 0.15) is 6.26 Å². The maximum Gasteiger partial charge on any atom is 0.276 e. The lowest BCUT2D eigenvalue weighted by Gasteiger charge is -2.36. The van der Waals surface area contributed by atoms with Gasteiger partial charge in [-0.05, 0) is 25.8 Å². The predicted molar refractivity (Wildman–Crippen MR) is 57.0 cm³/mol. The van der Waals surface area contributed by atoms with Crippen LogP contribution >= 0.6 is 0 Å². The molecule has 86 valence electrons. The summed E-state index contributed by atoms with van der Waals surface area (Å²) in [6, 6.07) is 2.46. The zero-order chi connectivity index (χ0) is 11.0. The quantitative estimate of drug-likeness (QED) is 0.756. The van der Waals surface area contributed by atoms with Crippen LogP contribution in [0.3, 0.4) is 0 Å². The third-order valence-corrected chi connectivity index (χ3v) is 3.54. The van der Waals surface area contributed by atoms with Gasteiger partial charge in [-0.1, -0.05) is 5.16 Å². The van der Waals surface area contributed by atoms with Gasteiger partial charge in [-0.3, -0.25) is 4.79 Å². The van der Waals surface area contributed by atoms with Crippen molar-refractivity contribution in [1.82, 2.24) is 15.4 Å². The van der Waals surface area contributed by atoms with Gasteiger partial charge in [-0.25, -0.2) is 0 Å². The van der Waals surface area contributed by atoms with Gasteiger partial charge in [0.15, 0.2) is 5.69 Å². The minimum absolute atomic E-state index is 0.00662. The van der Waals surface area contributed by atoms with E-state index < -0.39 is 0 Å². The summed E-state index contributed by atoms with van der Waals surface area (Å²) in [5.41, 5.74) is 0.424. The second kappa shape index (κ2) is 3.90. The number of amides is 1. The van der Waals surface area contributed by atoms with Gasteiger partial charge in [0.25, 0.3) is 5.91 Å². The van der Waals surface area contributed by atoms with E-state index in [1.54, 1.807) is 6.07 Å². The fourth-order valence-corrected chi connectivity index (χ4v) is 2.79. The lowest BCUT2D eigenvalue weighted by molar-refractivity contribution is 0.0589. The Morgan fingerprint density at radius 1 is 1.56 bits per heavy atom. The standard InChI is InChI=1S/C11H15N3O2/c15-11(9-4-7-16-13-9)14-6-1-2-8-10(14)3-5-12-8/h4,7-8,10,12H,1-3,5-6H2. The molecular weight excluding hydrogens is 206 g/mol. The van der Waals surface area contributed by atoms with Crippen molar-refractivity contribution in [2.45, 2.75) is 31.3 Å². The molecule has 16 heavy (non-hydrogen) atoms. The monoisotopic (exact) mass is 221 g/mol. The van der Waals surface area contributed by atoms with Crippen LogP contribution in [-0.2, 0) is 0 Å². The second-order valence-electron chi connectivity index (χ2n) is 4.44. The molecule has 0 aromatic carbocycles. The fraction of sp³-hybridized carbons (Fsp3) is 0.636. The summed E-state index contributed by atoms with van der Waals surface area (Å²) in [7, 11) is 0. The fourth-order valence-electron chi connectivity index (χ4n) is 2.79. The number of nitrogens with one attached hydrogen (secondary N) is 1. The van der Waals surface area contributed by atoms with Gasteiger partial charge in [-0.2, -0.15) is 0 Å². The van der Waals surface area contributed by atoms with Crippen molar-refractivity contribution in [2.75, 3.05) is 13.1 Å². The SMILES string of the molecule is O=C(c1ccon1)N1CCCC2NCCC21. The summed E-state index contributed by atoms with van der Waals surface area (Å²) in [5, 5.41) is 7.17. The van der Waals surface area contributed by atoms with E-state index in [4.69, 9.17) is 4.52 Å². The molecule has 1 N–H and O–H groups in total. The van der Waals surface area contributed by atoms with Crippen molar-refractivity contribution < 1.29 is 9.32 Å². The van der Waals surface area contributed by atoms with Crippen molar-refractivity contribution in [1.29, 1.82) is 0 Å². The van der Waals surface area contributed by atoms with E-state index in [2.05, 4.69) is 10.5 Å². The molecule has 2 atom stereocenters. The average Bonchev–Trinajstić information content (AvgIpc) is 2.98. The third-order valence-electron chi connectivity index (χ3n) is 3.54. The van der Waals surface area contributed by atoms with Gasteiger partial charge < -0.3 is 14.7 Å². The third kappa shape index (κ3) is 1.51. The topological polar surface area (TPSA) is 58.4 Å². The summed E-state index contributed by atoms with van der Waals surface area (Å²) < 4.78 is 4.72. The van der Waals surface area contributed by atoms with E-state index in [0.717, 1.165) is 25.9 Å². The Kier molecular flexibility index (Phi) is 2.40. The molecule has 2 unspecified atom stereocenters. The lowest BCUT2D eigenvalue weighted by atomic mass is 9.97. The first kappa shape index (κ1) is 9.84. The van der Waals surface area contributed by atoms with E-state index in [-0.39, 0.29) is 5.91 Å². The van der Waals surface area contributed by atoms with Crippen LogP contribution in [0.5, 0.6) is 0 Å². The van der Waals surface area contributed by atoms with Crippen LogP contribution in [0.15, 0.2) is 16.9 Å². The van der Waals surface area contributed by atoms with Crippen molar-refractivity contribution in [2.24, 2.45) is 0 Å². The molecule has 0 spiro atoms. The number of hydrogen-bond acceptors (Lipinski definition) is 4. The predicted octanol–water partition coefficient (Wildman–Crippen LogP) is 0.641. The summed E-state index contributed by atoms with van der Waals surface area (Å²) in [6.07, 6.45) is 4.74. The number of carbonyl (C=O) groups excluding carboxylic acids is 1. The van der Waals surface area contributed by atoms with Crippen LogP contribution in [0.4, 0.5) is 0 Å². The first-order chi connectivity index (χ1) is 7.86. The molecule has 0 radical (unpaired) electrons. The van der Waals surface area contributed by atoms with Crippen LogP contribution in [-0.4, -0.2) is 41.1 Å². The van der Waals surface area contributed by atoms with Gasteiger partial charge in [0, 0.05) is 24.7 Å². The summed E-state index contributed by atoms with van der Waals surface area (Å²) in [4.78, 5) is 14.1. The first-order valence-electron chi connectivity index (χ1n) is 5.81. The normalized spacial score (nSPS) is 29.1. The molecule has 2 aliphatic heterocycles. The van der Waals surface area contributed by atoms with Crippen LogP contribution < -0.4 is 5.32 Å². The largest absolute Gasteiger partial charge is 0.364 e. The summed E-state index contributed by atoms with van der Waals surface area (Å²) in [6.45, 7) is 1.85. The zero-order valence-corrected chi connectivity index (χ0v) is 9.06. The van der Waals surface area contributed by atoms with Crippen molar-refractivity contribution in [3.63, 3.8) is 0 Å². The number of rotatable bonds is 1. The van der Waals surface area contributed by atoms with Gasteiger partial charge in [0.2, 0.25) is 0 Å². The second-order valence-corrected chi connectivity index (χ2v) is 4.44. The highest BCUT2D eigenvalue weighted by Gasteiger charge is 2.37. The first-order valence-corrected chi connectivity index (χ1v) is 5.81. The molecule has 2 fully saturated rings. The lowest BCUT2D eigenvalue weighted by Crippen LogP contribution is -2.51. The molecular formula is C11H15N3O2. The number of carbonyl (C=O) groups is 1. The number of hydrogen-bond donors (Lipinski definition) is 1. The maximum absolute atomic E-state index is 12.2. The number of fused-ring (bicyclic) bond motifs is 1. The van der Waals surface area contributed by atoms with Crippen LogP contribution in [0.1, 0.15) is 29.8 Å². The Labute approximate surface area is 93.8 Å². The van der Waals surface area contributed by atoms with E-state index in [1.807, 2.05) is 4.90 Å². The van der Waals surface area contributed by atoms with Crippen molar-refractivity contribution >= 4 is 5.91 Å². The molecule has 2 aliphatic rings. The molecule has 1 amide bonds. The molecule has 5 nitrogen and oxygen atoms in total.